The van der Waals surface area contributed by atoms with Crippen molar-refractivity contribution in [3.05, 3.63) is 34.6 Å². The summed E-state index contributed by atoms with van der Waals surface area (Å²) in [5.41, 5.74) is -0.606. The van der Waals surface area contributed by atoms with Crippen LogP contribution in [-0.2, 0) is 11.0 Å². The van der Waals surface area contributed by atoms with Crippen LogP contribution in [0, 0.1) is 0 Å². The van der Waals surface area contributed by atoms with E-state index in [1.807, 2.05) is 0 Å². The fourth-order valence-electron chi connectivity index (χ4n) is 2.37. The van der Waals surface area contributed by atoms with Gasteiger partial charge in [0.2, 0.25) is 0 Å². The average molecular weight is 538 g/mol. The van der Waals surface area contributed by atoms with E-state index < -0.39 is 11.7 Å². The third-order valence-electron chi connectivity index (χ3n) is 3.85. The van der Waals surface area contributed by atoms with Gasteiger partial charge in [0, 0.05) is 24.2 Å². The third-order valence-corrected chi connectivity index (χ3v) is 5.64. The first-order chi connectivity index (χ1) is 14.6. The van der Waals surface area contributed by atoms with E-state index in [4.69, 9.17) is 17.1 Å². The Morgan fingerprint density at radius 3 is 2.65 bits per heavy atom. The van der Waals surface area contributed by atoms with E-state index in [9.17, 15) is 13.2 Å². The van der Waals surface area contributed by atoms with Crippen molar-refractivity contribution in [2.75, 3.05) is 30.8 Å². The molecule has 1 aromatic carbocycles. The number of alkyl halides is 3. The van der Waals surface area contributed by atoms with Crippen LogP contribution in [0.2, 0.25) is 0 Å². The van der Waals surface area contributed by atoms with Gasteiger partial charge in [-0.2, -0.15) is 13.2 Å². The Morgan fingerprint density at radius 2 is 2.03 bits per heavy atom. The number of hydrogen-bond acceptors (Lipinski definition) is 6. The highest BCUT2D eigenvalue weighted by Gasteiger charge is 2.31. The van der Waals surface area contributed by atoms with Crippen molar-refractivity contribution in [3.63, 3.8) is 0 Å². The Kier molecular flexibility index (Phi) is 9.79. The zero-order valence-electron chi connectivity index (χ0n) is 17.2. The van der Waals surface area contributed by atoms with Crippen molar-refractivity contribution in [1.29, 1.82) is 0 Å². The van der Waals surface area contributed by atoms with E-state index in [1.165, 1.54) is 11.3 Å². The molecule has 0 atom stereocenters. The van der Waals surface area contributed by atoms with E-state index in [-0.39, 0.29) is 10.8 Å². The highest BCUT2D eigenvalue weighted by atomic mass is 79.9. The van der Waals surface area contributed by atoms with E-state index in [2.05, 4.69) is 43.5 Å². The Labute approximate surface area is 197 Å². The van der Waals surface area contributed by atoms with Crippen LogP contribution in [0.4, 0.5) is 24.7 Å². The molecule has 12 heteroatoms. The molecule has 2 rings (SSSR count). The van der Waals surface area contributed by atoms with Gasteiger partial charge in [-0.25, -0.2) is 15.0 Å². The van der Waals surface area contributed by atoms with Crippen LogP contribution >= 0.6 is 39.9 Å². The molecule has 0 spiro atoms. The van der Waals surface area contributed by atoms with E-state index in [0.29, 0.717) is 26.9 Å². The van der Waals surface area contributed by atoms with Crippen LogP contribution in [-0.4, -0.2) is 40.3 Å². The van der Waals surface area contributed by atoms with E-state index in [0.717, 1.165) is 43.3 Å². The summed E-state index contributed by atoms with van der Waals surface area (Å²) in [6, 6.07) is 3.63. The smallest absolute Gasteiger partial charge is 0.368 e. The third kappa shape index (κ3) is 8.09. The average Bonchev–Trinajstić information content (AvgIpc) is 2.69. The predicted molar refractivity (Wildman–Crippen MR) is 124 cm³/mol. The molecule has 0 unspecified atom stereocenters. The number of hydroxylamine groups is 2. The van der Waals surface area contributed by atoms with Gasteiger partial charge < -0.3 is 10.6 Å². The minimum atomic E-state index is -4.51. The van der Waals surface area contributed by atoms with E-state index in [1.54, 1.807) is 20.0 Å². The number of benzene rings is 1. The number of nitrogens with one attached hydrogen (secondary N) is 2. The summed E-state index contributed by atoms with van der Waals surface area (Å²) in [4.78, 5) is 14.3. The largest absolute Gasteiger partial charge is 0.416 e. The van der Waals surface area contributed by atoms with Crippen molar-refractivity contribution in [3.8, 4) is 0 Å². The summed E-state index contributed by atoms with van der Waals surface area (Å²) in [7, 11) is 1.57. The van der Waals surface area contributed by atoms with E-state index >= 15 is 0 Å². The number of rotatable bonds is 9. The molecule has 2 N–H and O–H groups in total. The standard InChI is InChI=1S/C19H23BrF3N5OS2/c1-4-6-7-24-17-16(20)27-15(11-25-17)31-14-9-12(19(21,22)23)8-13(10-14)26-18(30)28(3)29-5-2/h8-11H,4-7H2,1-3H3,(H,24,25)(H,26,30). The SMILES string of the molecule is CCCCNc1ncc(Sc2cc(NC(=S)N(C)OCC)cc(C(F)(F)F)c2)nc1Br. The number of hydrogen-bond donors (Lipinski definition) is 2. The molecule has 0 aliphatic rings. The molecule has 1 heterocycles. The number of aromatic nitrogens is 2. The highest BCUT2D eigenvalue weighted by molar-refractivity contribution is 9.10. The predicted octanol–water partition coefficient (Wildman–Crippen LogP) is 6.20. The van der Waals surface area contributed by atoms with Crippen LogP contribution in [0.5, 0.6) is 0 Å². The number of thiocarbonyl (C=S) groups is 1. The maximum atomic E-state index is 13.4. The second-order valence-corrected chi connectivity index (χ2v) is 8.55. The maximum Gasteiger partial charge on any atom is 0.416 e. The molecule has 0 aliphatic carbocycles. The van der Waals surface area contributed by atoms with Gasteiger partial charge in [0.05, 0.1) is 18.4 Å². The summed E-state index contributed by atoms with van der Waals surface area (Å²) in [6.07, 6.45) is -0.961. The summed E-state index contributed by atoms with van der Waals surface area (Å²) in [5, 5.41) is 7.82. The zero-order valence-corrected chi connectivity index (χ0v) is 20.4. The molecule has 0 saturated heterocycles. The topological polar surface area (TPSA) is 62.3 Å². The summed E-state index contributed by atoms with van der Waals surface area (Å²) < 4.78 is 40.8. The van der Waals surface area contributed by atoms with Crippen LogP contribution in [0.1, 0.15) is 32.3 Å². The summed E-state index contributed by atoms with van der Waals surface area (Å²) in [6.45, 7) is 5.00. The number of unbranched alkanes of at least 4 members (excludes halogenated alkanes) is 1. The molecule has 6 nitrogen and oxygen atoms in total. The quantitative estimate of drug-likeness (QED) is 0.222. The molecule has 0 amide bonds. The van der Waals surface area contributed by atoms with Gasteiger partial charge in [0.25, 0.3) is 0 Å². The highest BCUT2D eigenvalue weighted by Crippen LogP contribution is 2.37. The number of halogens is 4. The Bertz CT molecular complexity index is 901. The minimum absolute atomic E-state index is 0.141. The van der Waals surface area contributed by atoms with Gasteiger partial charge in [0.1, 0.15) is 9.63 Å². The van der Waals surface area contributed by atoms with Gasteiger partial charge in [-0.05, 0) is 59.7 Å². The fraction of sp³-hybridized carbons (Fsp3) is 0.421. The second-order valence-electron chi connectivity index (χ2n) is 6.32. The molecule has 0 saturated carbocycles. The minimum Gasteiger partial charge on any atom is -0.368 e. The van der Waals surface area contributed by atoms with Gasteiger partial charge in [0.15, 0.2) is 10.9 Å². The number of nitrogens with zero attached hydrogens (tertiary/aromatic N) is 3. The van der Waals surface area contributed by atoms with Gasteiger partial charge in [-0.3, -0.25) is 4.84 Å². The van der Waals surface area contributed by atoms with Crippen molar-refractivity contribution in [2.24, 2.45) is 0 Å². The van der Waals surface area contributed by atoms with Crippen LogP contribution in [0.3, 0.4) is 0 Å². The molecule has 2 aromatic rings. The lowest BCUT2D eigenvalue weighted by Crippen LogP contribution is -2.31. The molecule has 31 heavy (non-hydrogen) atoms. The van der Waals surface area contributed by atoms with Gasteiger partial charge in [-0.15, -0.1) is 0 Å². The van der Waals surface area contributed by atoms with Gasteiger partial charge >= 0.3 is 6.18 Å². The molecule has 0 fully saturated rings. The Morgan fingerprint density at radius 1 is 1.29 bits per heavy atom. The molecular formula is C19H23BrF3N5OS2. The second kappa shape index (κ2) is 11.8. The molecule has 0 bridgehead atoms. The monoisotopic (exact) mass is 537 g/mol. The first kappa shape index (κ1) is 25.6. The molecule has 1 aromatic heterocycles. The van der Waals surface area contributed by atoms with Gasteiger partial charge in [-0.1, -0.05) is 25.1 Å². The lowest BCUT2D eigenvalue weighted by atomic mass is 10.2. The number of anilines is 2. The van der Waals surface area contributed by atoms with Crippen molar-refractivity contribution < 1.29 is 18.0 Å². The van der Waals surface area contributed by atoms with Crippen molar-refractivity contribution >= 4 is 56.5 Å². The van der Waals surface area contributed by atoms with Crippen molar-refractivity contribution in [2.45, 2.75) is 42.8 Å². The fourth-order valence-corrected chi connectivity index (χ4v) is 3.95. The summed E-state index contributed by atoms with van der Waals surface area (Å²) >= 11 is 9.60. The molecule has 0 radical (unpaired) electrons. The zero-order chi connectivity index (χ0) is 23.0. The first-order valence-corrected chi connectivity index (χ1v) is 11.5. The van der Waals surface area contributed by atoms with Crippen LogP contribution in [0.15, 0.2) is 38.9 Å². The normalized spacial score (nSPS) is 11.3. The Balaban J connectivity index is 2.25. The Hall–Kier alpha value is -1.63. The molecular weight excluding hydrogens is 515 g/mol. The first-order valence-electron chi connectivity index (χ1n) is 9.48. The molecule has 170 valence electrons. The molecule has 0 aliphatic heterocycles. The lowest BCUT2D eigenvalue weighted by molar-refractivity contribution is -0.137. The lowest BCUT2D eigenvalue weighted by Gasteiger charge is -2.20. The van der Waals surface area contributed by atoms with Crippen LogP contribution in [0.25, 0.3) is 0 Å². The summed E-state index contributed by atoms with van der Waals surface area (Å²) in [5.74, 6) is 0.591. The maximum absolute atomic E-state index is 13.4. The van der Waals surface area contributed by atoms with Crippen LogP contribution < -0.4 is 10.6 Å². The van der Waals surface area contributed by atoms with Crippen molar-refractivity contribution in [1.82, 2.24) is 15.0 Å².